The van der Waals surface area contributed by atoms with Gasteiger partial charge in [-0.15, -0.1) is 0 Å². The summed E-state index contributed by atoms with van der Waals surface area (Å²) in [5, 5.41) is 7.47. The Bertz CT molecular complexity index is 578. The molecule has 2 aliphatic rings. The van der Waals surface area contributed by atoms with Gasteiger partial charge in [0.2, 0.25) is 11.8 Å². The van der Waals surface area contributed by atoms with Gasteiger partial charge in [-0.1, -0.05) is 6.92 Å². The van der Waals surface area contributed by atoms with E-state index in [0.29, 0.717) is 19.4 Å². The van der Waals surface area contributed by atoms with Crippen molar-refractivity contribution in [1.82, 2.24) is 14.7 Å². The third-order valence-corrected chi connectivity index (χ3v) is 4.49. The van der Waals surface area contributed by atoms with E-state index in [1.807, 2.05) is 14.0 Å². The molecule has 1 atom stereocenters. The van der Waals surface area contributed by atoms with Crippen LogP contribution < -0.4 is 5.32 Å². The number of aryl methyl sites for hydroxylation is 2. The highest BCUT2D eigenvalue weighted by molar-refractivity contribution is 5.97. The van der Waals surface area contributed by atoms with Crippen LogP contribution in [0.4, 0.5) is 5.82 Å². The molecule has 0 spiro atoms. The second-order valence-electron chi connectivity index (χ2n) is 5.85. The van der Waals surface area contributed by atoms with Gasteiger partial charge in [-0.25, -0.2) is 0 Å². The van der Waals surface area contributed by atoms with E-state index in [9.17, 15) is 9.59 Å². The highest BCUT2D eigenvalue weighted by atomic mass is 16.2. The fourth-order valence-electron chi connectivity index (χ4n) is 3.42. The molecule has 1 aliphatic heterocycles. The molecule has 1 fully saturated rings. The van der Waals surface area contributed by atoms with Crippen LogP contribution in [0.3, 0.4) is 0 Å². The highest BCUT2D eigenvalue weighted by Gasteiger charge is 2.32. The van der Waals surface area contributed by atoms with Gasteiger partial charge < -0.3 is 10.2 Å². The van der Waals surface area contributed by atoms with Gasteiger partial charge >= 0.3 is 0 Å². The van der Waals surface area contributed by atoms with Gasteiger partial charge in [-0.3, -0.25) is 14.3 Å². The van der Waals surface area contributed by atoms with E-state index in [1.165, 1.54) is 0 Å². The van der Waals surface area contributed by atoms with E-state index in [2.05, 4.69) is 10.4 Å². The Labute approximate surface area is 124 Å². The lowest BCUT2D eigenvalue weighted by Gasteiger charge is -2.25. The molecule has 1 aromatic heterocycles. The second-order valence-corrected chi connectivity index (χ2v) is 5.85. The molecule has 2 amide bonds. The lowest BCUT2D eigenvalue weighted by Crippen LogP contribution is -2.44. The number of hydrogen-bond acceptors (Lipinski definition) is 3. The minimum atomic E-state index is -0.369. The van der Waals surface area contributed by atoms with E-state index in [0.717, 1.165) is 42.8 Å². The Hall–Kier alpha value is -1.85. The summed E-state index contributed by atoms with van der Waals surface area (Å²) in [7, 11) is 1.86. The third kappa shape index (κ3) is 2.43. The number of nitrogens with zero attached hydrogens (tertiary/aromatic N) is 3. The monoisotopic (exact) mass is 290 g/mol. The predicted molar refractivity (Wildman–Crippen MR) is 78.9 cm³/mol. The van der Waals surface area contributed by atoms with Gasteiger partial charge in [0.15, 0.2) is 0 Å². The first-order valence-electron chi connectivity index (χ1n) is 7.77. The van der Waals surface area contributed by atoms with E-state index < -0.39 is 0 Å². The summed E-state index contributed by atoms with van der Waals surface area (Å²) in [6, 6.07) is -0.369. The van der Waals surface area contributed by atoms with Crippen LogP contribution in [0.15, 0.2) is 0 Å². The molecular formula is C15H22N4O2. The average molecular weight is 290 g/mol. The molecule has 1 saturated heterocycles. The fourth-order valence-corrected chi connectivity index (χ4v) is 3.42. The van der Waals surface area contributed by atoms with Gasteiger partial charge in [0.1, 0.15) is 11.9 Å². The molecule has 3 rings (SSSR count). The van der Waals surface area contributed by atoms with E-state index in [1.54, 1.807) is 9.58 Å². The molecule has 1 aromatic rings. The normalized spacial score (nSPS) is 19.0. The van der Waals surface area contributed by atoms with Crippen molar-refractivity contribution >= 4 is 17.6 Å². The van der Waals surface area contributed by atoms with Crippen LogP contribution in [0.1, 0.15) is 43.9 Å². The number of rotatable bonds is 4. The van der Waals surface area contributed by atoms with Crippen LogP contribution >= 0.6 is 0 Å². The van der Waals surface area contributed by atoms with Crippen LogP contribution in [-0.2, 0) is 29.5 Å². The summed E-state index contributed by atoms with van der Waals surface area (Å²) in [6.07, 6.45) is 5.11. The number of carbonyl (C=O) groups excluding carboxylic acids is 2. The molecule has 0 radical (unpaired) electrons. The SMILES string of the molecule is CCC(C(=O)Nc1c2c(nn1C)CCC2)N1CCCC1=O. The number of likely N-dealkylation sites (tertiary alicyclic amines) is 1. The van der Waals surface area contributed by atoms with Gasteiger partial charge in [0.25, 0.3) is 0 Å². The number of carbonyl (C=O) groups is 2. The Balaban J connectivity index is 1.77. The first-order chi connectivity index (χ1) is 10.1. The predicted octanol–water partition coefficient (Wildman–Crippen LogP) is 1.25. The van der Waals surface area contributed by atoms with Crippen molar-refractivity contribution < 1.29 is 9.59 Å². The maximum absolute atomic E-state index is 12.6. The summed E-state index contributed by atoms with van der Waals surface area (Å²) < 4.78 is 1.75. The highest BCUT2D eigenvalue weighted by Crippen LogP contribution is 2.28. The van der Waals surface area contributed by atoms with Crippen molar-refractivity contribution in [1.29, 1.82) is 0 Å². The second kappa shape index (κ2) is 5.50. The van der Waals surface area contributed by atoms with Crippen molar-refractivity contribution in [2.24, 2.45) is 7.05 Å². The van der Waals surface area contributed by atoms with Crippen molar-refractivity contribution in [2.75, 3.05) is 11.9 Å². The number of hydrogen-bond donors (Lipinski definition) is 1. The number of nitrogens with one attached hydrogen (secondary N) is 1. The van der Waals surface area contributed by atoms with Crippen molar-refractivity contribution in [3.63, 3.8) is 0 Å². The molecule has 6 heteroatoms. The van der Waals surface area contributed by atoms with E-state index in [-0.39, 0.29) is 17.9 Å². The lowest BCUT2D eigenvalue weighted by molar-refractivity contribution is -0.135. The zero-order chi connectivity index (χ0) is 15.0. The Morgan fingerprint density at radius 1 is 1.33 bits per heavy atom. The van der Waals surface area contributed by atoms with Crippen molar-refractivity contribution in [3.05, 3.63) is 11.3 Å². The van der Waals surface area contributed by atoms with Crippen LogP contribution in [0.2, 0.25) is 0 Å². The minimum Gasteiger partial charge on any atom is -0.331 e. The Morgan fingerprint density at radius 3 is 2.81 bits per heavy atom. The first kappa shape index (κ1) is 14.1. The molecule has 0 bridgehead atoms. The lowest BCUT2D eigenvalue weighted by atomic mass is 10.1. The van der Waals surface area contributed by atoms with Crippen LogP contribution in [-0.4, -0.2) is 39.1 Å². The molecule has 2 heterocycles. The van der Waals surface area contributed by atoms with Crippen LogP contribution in [0, 0.1) is 0 Å². The standard InChI is InChI=1S/C15H22N4O2/c1-3-12(19-9-5-8-13(19)20)15(21)16-14-10-6-4-7-11(10)17-18(14)2/h12H,3-9H2,1-2H3,(H,16,21). The zero-order valence-corrected chi connectivity index (χ0v) is 12.7. The Morgan fingerprint density at radius 2 is 2.14 bits per heavy atom. The van der Waals surface area contributed by atoms with E-state index in [4.69, 9.17) is 0 Å². The largest absolute Gasteiger partial charge is 0.331 e. The van der Waals surface area contributed by atoms with Crippen molar-refractivity contribution in [3.8, 4) is 0 Å². The van der Waals surface area contributed by atoms with Gasteiger partial charge in [-0.2, -0.15) is 5.10 Å². The molecule has 1 N–H and O–H groups in total. The molecule has 1 unspecified atom stereocenters. The van der Waals surface area contributed by atoms with Crippen LogP contribution in [0.5, 0.6) is 0 Å². The van der Waals surface area contributed by atoms with Crippen LogP contribution in [0.25, 0.3) is 0 Å². The summed E-state index contributed by atoms with van der Waals surface area (Å²) >= 11 is 0. The maximum atomic E-state index is 12.6. The average Bonchev–Trinajstić information content (AvgIpc) is 3.12. The minimum absolute atomic E-state index is 0.0900. The summed E-state index contributed by atoms with van der Waals surface area (Å²) in [4.78, 5) is 26.2. The molecule has 1 aliphatic carbocycles. The fraction of sp³-hybridized carbons (Fsp3) is 0.667. The molecule has 114 valence electrons. The molecule has 6 nitrogen and oxygen atoms in total. The topological polar surface area (TPSA) is 67.2 Å². The first-order valence-corrected chi connectivity index (χ1v) is 7.77. The quantitative estimate of drug-likeness (QED) is 0.907. The summed E-state index contributed by atoms with van der Waals surface area (Å²) in [5.41, 5.74) is 2.26. The number of amides is 2. The smallest absolute Gasteiger partial charge is 0.248 e. The third-order valence-electron chi connectivity index (χ3n) is 4.49. The maximum Gasteiger partial charge on any atom is 0.248 e. The summed E-state index contributed by atoms with van der Waals surface area (Å²) in [5.74, 6) is 0.801. The molecule has 0 saturated carbocycles. The molecular weight excluding hydrogens is 268 g/mol. The summed E-state index contributed by atoms with van der Waals surface area (Å²) in [6.45, 7) is 2.64. The van der Waals surface area contributed by atoms with Gasteiger partial charge in [0.05, 0.1) is 5.69 Å². The molecule has 0 aromatic carbocycles. The van der Waals surface area contributed by atoms with Gasteiger partial charge in [-0.05, 0) is 32.1 Å². The molecule has 21 heavy (non-hydrogen) atoms. The number of fused-ring (bicyclic) bond motifs is 1. The van der Waals surface area contributed by atoms with Crippen molar-refractivity contribution in [2.45, 2.75) is 51.5 Å². The zero-order valence-electron chi connectivity index (χ0n) is 12.7. The van der Waals surface area contributed by atoms with Gasteiger partial charge in [0, 0.05) is 25.6 Å². The van der Waals surface area contributed by atoms with E-state index >= 15 is 0 Å². The Kier molecular flexibility index (Phi) is 3.69. The number of aromatic nitrogens is 2. The number of anilines is 1.